The van der Waals surface area contributed by atoms with E-state index in [0.29, 0.717) is 23.1 Å². The van der Waals surface area contributed by atoms with E-state index < -0.39 is 0 Å². The molecule has 1 aromatic rings. The van der Waals surface area contributed by atoms with E-state index in [1.165, 1.54) is 0 Å². The molecule has 0 unspecified atom stereocenters. The van der Waals surface area contributed by atoms with E-state index in [9.17, 15) is 9.90 Å². The van der Waals surface area contributed by atoms with Crippen molar-refractivity contribution in [2.75, 3.05) is 26.2 Å². The Morgan fingerprint density at radius 3 is 2.95 bits per heavy atom. The van der Waals surface area contributed by atoms with E-state index >= 15 is 0 Å². The number of hydrogen-bond donors (Lipinski definition) is 2. The van der Waals surface area contributed by atoms with Crippen LogP contribution in [0.15, 0.2) is 18.2 Å². The van der Waals surface area contributed by atoms with Gasteiger partial charge in [-0.05, 0) is 49.3 Å². The number of amides is 2. The Kier molecular flexibility index (Phi) is 6.80. The fourth-order valence-corrected chi connectivity index (χ4v) is 3.21. The number of carbonyl (C=O) groups is 1. The number of benzene rings is 1. The second kappa shape index (κ2) is 8.61. The van der Waals surface area contributed by atoms with Gasteiger partial charge in [0.05, 0.1) is 0 Å². The third kappa shape index (κ3) is 5.04. The summed E-state index contributed by atoms with van der Waals surface area (Å²) in [6, 6.07) is 5.44. The van der Waals surface area contributed by atoms with Crippen molar-refractivity contribution in [1.82, 2.24) is 10.2 Å². The Labute approximate surface area is 141 Å². The van der Waals surface area contributed by atoms with Gasteiger partial charge in [-0.2, -0.15) is 0 Å². The first-order chi connectivity index (χ1) is 10.6. The Bertz CT molecular complexity index is 511. The van der Waals surface area contributed by atoms with Gasteiger partial charge in [-0.3, -0.25) is 0 Å². The second-order valence-corrected chi connectivity index (χ2v) is 6.55. The van der Waals surface area contributed by atoms with E-state index in [2.05, 4.69) is 5.32 Å². The summed E-state index contributed by atoms with van der Waals surface area (Å²) < 4.78 is 0. The number of urea groups is 1. The molecule has 2 rings (SSSR count). The number of likely N-dealkylation sites (tertiary alicyclic amines) is 1. The Morgan fingerprint density at radius 1 is 1.41 bits per heavy atom. The van der Waals surface area contributed by atoms with Crippen molar-refractivity contribution >= 4 is 29.2 Å². The molecule has 6 heteroatoms. The first-order valence-corrected chi connectivity index (χ1v) is 8.43. The molecule has 1 heterocycles. The van der Waals surface area contributed by atoms with E-state index in [1.807, 2.05) is 12.1 Å². The number of carbonyl (C=O) groups excluding carboxylic acids is 1. The first kappa shape index (κ1) is 17.4. The average molecular weight is 345 g/mol. The van der Waals surface area contributed by atoms with Crippen molar-refractivity contribution in [3.8, 4) is 0 Å². The van der Waals surface area contributed by atoms with Crippen molar-refractivity contribution < 1.29 is 9.90 Å². The predicted molar refractivity (Wildman–Crippen MR) is 89.6 cm³/mol. The van der Waals surface area contributed by atoms with Crippen molar-refractivity contribution in [3.05, 3.63) is 33.8 Å². The molecule has 4 nitrogen and oxygen atoms in total. The highest BCUT2D eigenvalue weighted by atomic mass is 35.5. The van der Waals surface area contributed by atoms with Crippen LogP contribution in [-0.2, 0) is 6.42 Å². The number of nitrogens with zero attached hydrogens (tertiary/aromatic N) is 1. The van der Waals surface area contributed by atoms with Crippen LogP contribution in [0.25, 0.3) is 0 Å². The summed E-state index contributed by atoms with van der Waals surface area (Å²) in [6.45, 7) is 2.17. The molecule has 122 valence electrons. The monoisotopic (exact) mass is 344 g/mol. The molecule has 2 amide bonds. The van der Waals surface area contributed by atoms with Gasteiger partial charge in [-0.25, -0.2) is 4.79 Å². The van der Waals surface area contributed by atoms with E-state index in [0.717, 1.165) is 37.8 Å². The van der Waals surface area contributed by atoms with Gasteiger partial charge in [0.25, 0.3) is 0 Å². The van der Waals surface area contributed by atoms with Crippen LogP contribution in [0.1, 0.15) is 24.8 Å². The Balaban J connectivity index is 1.70. The molecular weight excluding hydrogens is 323 g/mol. The summed E-state index contributed by atoms with van der Waals surface area (Å²) in [5, 5.41) is 13.4. The zero-order valence-corrected chi connectivity index (χ0v) is 14.0. The molecule has 1 aliphatic heterocycles. The van der Waals surface area contributed by atoms with Crippen molar-refractivity contribution in [3.63, 3.8) is 0 Å². The lowest BCUT2D eigenvalue weighted by atomic mass is 9.99. The summed E-state index contributed by atoms with van der Waals surface area (Å²) in [6.07, 6.45) is 3.58. The SMILES string of the molecule is O=C(NCCCc1ccc(Cl)cc1Cl)N1CCC[C@@H](CO)C1. The number of aliphatic hydroxyl groups is 1. The van der Waals surface area contributed by atoms with Gasteiger partial charge in [0.15, 0.2) is 0 Å². The summed E-state index contributed by atoms with van der Waals surface area (Å²) in [5.74, 6) is 0.215. The third-order valence-electron chi connectivity index (χ3n) is 3.98. The maximum Gasteiger partial charge on any atom is 0.317 e. The lowest BCUT2D eigenvalue weighted by Crippen LogP contribution is -2.46. The normalized spacial score (nSPS) is 18.3. The maximum absolute atomic E-state index is 12.1. The molecule has 0 bridgehead atoms. The average Bonchev–Trinajstić information content (AvgIpc) is 2.53. The molecule has 1 fully saturated rings. The van der Waals surface area contributed by atoms with E-state index in [1.54, 1.807) is 11.0 Å². The number of rotatable bonds is 5. The van der Waals surface area contributed by atoms with Crippen LogP contribution in [0.5, 0.6) is 0 Å². The molecule has 0 saturated carbocycles. The summed E-state index contributed by atoms with van der Waals surface area (Å²) in [4.78, 5) is 13.9. The van der Waals surface area contributed by atoms with Gasteiger partial charge < -0.3 is 15.3 Å². The van der Waals surface area contributed by atoms with Gasteiger partial charge in [0, 0.05) is 36.3 Å². The zero-order chi connectivity index (χ0) is 15.9. The lowest BCUT2D eigenvalue weighted by Gasteiger charge is -2.31. The number of halogens is 2. The summed E-state index contributed by atoms with van der Waals surface area (Å²) in [5.41, 5.74) is 1.04. The zero-order valence-electron chi connectivity index (χ0n) is 12.5. The smallest absolute Gasteiger partial charge is 0.317 e. The number of nitrogens with one attached hydrogen (secondary N) is 1. The van der Waals surface area contributed by atoms with Gasteiger partial charge in [-0.15, -0.1) is 0 Å². The largest absolute Gasteiger partial charge is 0.396 e. The Morgan fingerprint density at radius 2 is 2.23 bits per heavy atom. The van der Waals surface area contributed by atoms with Crippen LogP contribution in [0.2, 0.25) is 10.0 Å². The van der Waals surface area contributed by atoms with Gasteiger partial charge in [0.1, 0.15) is 0 Å². The highest BCUT2D eigenvalue weighted by molar-refractivity contribution is 6.35. The molecule has 1 atom stereocenters. The molecule has 1 aromatic carbocycles. The quantitative estimate of drug-likeness (QED) is 0.805. The van der Waals surface area contributed by atoms with Crippen LogP contribution in [0.3, 0.4) is 0 Å². The number of hydrogen-bond acceptors (Lipinski definition) is 2. The van der Waals surface area contributed by atoms with Crippen molar-refractivity contribution in [2.24, 2.45) is 5.92 Å². The minimum absolute atomic E-state index is 0.0413. The number of piperidine rings is 1. The minimum Gasteiger partial charge on any atom is -0.396 e. The third-order valence-corrected chi connectivity index (χ3v) is 4.57. The Hall–Kier alpha value is -0.970. The predicted octanol–water partition coefficient (Wildman–Crippen LogP) is 3.34. The number of aryl methyl sites for hydroxylation is 1. The van der Waals surface area contributed by atoms with Crippen LogP contribution in [0.4, 0.5) is 4.79 Å². The number of aliphatic hydroxyl groups excluding tert-OH is 1. The van der Waals surface area contributed by atoms with Crippen molar-refractivity contribution in [2.45, 2.75) is 25.7 Å². The fraction of sp³-hybridized carbons (Fsp3) is 0.562. The van der Waals surface area contributed by atoms with Gasteiger partial charge in [0.2, 0.25) is 0 Å². The highest BCUT2D eigenvalue weighted by Gasteiger charge is 2.22. The molecule has 22 heavy (non-hydrogen) atoms. The molecule has 1 aliphatic rings. The van der Waals surface area contributed by atoms with Gasteiger partial charge in [-0.1, -0.05) is 29.3 Å². The fourth-order valence-electron chi connectivity index (χ4n) is 2.71. The van der Waals surface area contributed by atoms with Crippen LogP contribution in [-0.4, -0.2) is 42.3 Å². The van der Waals surface area contributed by atoms with Crippen LogP contribution >= 0.6 is 23.2 Å². The van der Waals surface area contributed by atoms with Gasteiger partial charge >= 0.3 is 6.03 Å². The molecule has 0 aromatic heterocycles. The standard InChI is InChI=1S/C16H22Cl2N2O2/c17-14-6-5-13(15(18)9-14)4-1-7-19-16(22)20-8-2-3-12(10-20)11-21/h5-6,9,12,21H,1-4,7-8,10-11H2,(H,19,22)/t12-/m1/s1. The molecule has 1 saturated heterocycles. The van der Waals surface area contributed by atoms with E-state index in [4.69, 9.17) is 23.2 Å². The van der Waals surface area contributed by atoms with Crippen LogP contribution < -0.4 is 5.32 Å². The molecule has 0 aliphatic carbocycles. The molecule has 0 radical (unpaired) electrons. The maximum atomic E-state index is 12.1. The minimum atomic E-state index is -0.0413. The molecule has 0 spiro atoms. The van der Waals surface area contributed by atoms with E-state index in [-0.39, 0.29) is 18.6 Å². The topological polar surface area (TPSA) is 52.6 Å². The van der Waals surface area contributed by atoms with Crippen LogP contribution in [0, 0.1) is 5.92 Å². The summed E-state index contributed by atoms with van der Waals surface area (Å²) in [7, 11) is 0. The van der Waals surface area contributed by atoms with Crippen molar-refractivity contribution in [1.29, 1.82) is 0 Å². The second-order valence-electron chi connectivity index (χ2n) is 5.71. The summed E-state index contributed by atoms with van der Waals surface area (Å²) >= 11 is 12.0. The first-order valence-electron chi connectivity index (χ1n) is 7.67. The lowest BCUT2D eigenvalue weighted by molar-refractivity contribution is 0.129. The molecule has 2 N–H and O–H groups in total. The molecular formula is C16H22Cl2N2O2. The highest BCUT2D eigenvalue weighted by Crippen LogP contribution is 2.22.